The summed E-state index contributed by atoms with van der Waals surface area (Å²) < 4.78 is 32.1. The molecule has 0 aliphatic carbocycles. The van der Waals surface area contributed by atoms with Crippen molar-refractivity contribution in [3.8, 4) is 5.69 Å². The summed E-state index contributed by atoms with van der Waals surface area (Å²) in [6, 6.07) is 9.22. The first-order chi connectivity index (χ1) is 12.9. The molecule has 3 N–H and O–H groups in total. The second-order valence-electron chi connectivity index (χ2n) is 5.48. The fourth-order valence-electron chi connectivity index (χ4n) is 2.36. The first-order valence-corrected chi connectivity index (χ1v) is 7.69. The lowest BCUT2D eigenvalue weighted by Gasteiger charge is -2.08. The van der Waals surface area contributed by atoms with Gasteiger partial charge >= 0.3 is 5.97 Å². The van der Waals surface area contributed by atoms with E-state index in [1.807, 2.05) is 0 Å². The Morgan fingerprint density at radius 3 is 2.44 bits per heavy atom. The van der Waals surface area contributed by atoms with Gasteiger partial charge in [0.1, 0.15) is 11.4 Å². The van der Waals surface area contributed by atoms with E-state index in [0.29, 0.717) is 5.69 Å². The lowest BCUT2D eigenvalue weighted by Crippen LogP contribution is -2.12. The smallest absolute Gasteiger partial charge is 0.343 e. The predicted molar refractivity (Wildman–Crippen MR) is 93.6 cm³/mol. The molecule has 0 spiro atoms. The lowest BCUT2D eigenvalue weighted by atomic mass is 10.2. The van der Waals surface area contributed by atoms with Crippen LogP contribution in [-0.2, 0) is 4.74 Å². The number of ether oxygens (including phenoxy) is 1. The van der Waals surface area contributed by atoms with Crippen LogP contribution in [0.4, 0.5) is 20.3 Å². The highest BCUT2D eigenvalue weighted by atomic mass is 19.2. The Kier molecular flexibility index (Phi) is 4.84. The van der Waals surface area contributed by atoms with Crippen LogP contribution in [0.5, 0.6) is 0 Å². The average Bonchev–Trinajstić information content (AvgIpc) is 3.05. The molecule has 0 saturated carbocycles. The Bertz CT molecular complexity index is 1020. The first-order valence-electron chi connectivity index (χ1n) is 7.69. The molecule has 0 unspecified atom stereocenters. The average molecular weight is 372 g/mol. The number of nitrogens with two attached hydrogens (primary N) is 1. The third-order valence-electron chi connectivity index (χ3n) is 3.76. The van der Waals surface area contributed by atoms with E-state index >= 15 is 0 Å². The van der Waals surface area contributed by atoms with Crippen molar-refractivity contribution in [1.82, 2.24) is 9.78 Å². The van der Waals surface area contributed by atoms with E-state index in [2.05, 4.69) is 15.2 Å². The summed E-state index contributed by atoms with van der Waals surface area (Å²) in [5.74, 6) is -3.07. The maximum absolute atomic E-state index is 13.2. The molecule has 2 aromatic carbocycles. The minimum atomic E-state index is -1.06. The molecule has 1 aromatic heterocycles. The minimum absolute atomic E-state index is 0.0980. The van der Waals surface area contributed by atoms with Crippen molar-refractivity contribution < 1.29 is 23.1 Å². The van der Waals surface area contributed by atoms with Crippen LogP contribution >= 0.6 is 0 Å². The van der Waals surface area contributed by atoms with Crippen molar-refractivity contribution in [2.45, 2.75) is 0 Å². The monoisotopic (exact) mass is 372 g/mol. The van der Waals surface area contributed by atoms with Crippen LogP contribution in [0.25, 0.3) is 5.69 Å². The Morgan fingerprint density at radius 1 is 1.11 bits per heavy atom. The van der Waals surface area contributed by atoms with E-state index in [4.69, 9.17) is 5.73 Å². The Labute approximate surface area is 152 Å². The van der Waals surface area contributed by atoms with Crippen LogP contribution in [0.3, 0.4) is 0 Å². The fourth-order valence-corrected chi connectivity index (χ4v) is 2.36. The van der Waals surface area contributed by atoms with Gasteiger partial charge in [0.15, 0.2) is 11.6 Å². The zero-order valence-corrected chi connectivity index (χ0v) is 14.1. The molecule has 138 valence electrons. The minimum Gasteiger partial charge on any atom is -0.465 e. The molecule has 3 rings (SSSR count). The molecule has 9 heteroatoms. The predicted octanol–water partition coefficient (Wildman–Crippen LogP) is 2.77. The van der Waals surface area contributed by atoms with Crippen LogP contribution in [0.1, 0.15) is 20.7 Å². The Morgan fingerprint density at radius 2 is 1.81 bits per heavy atom. The zero-order valence-electron chi connectivity index (χ0n) is 14.1. The largest absolute Gasteiger partial charge is 0.465 e. The van der Waals surface area contributed by atoms with Gasteiger partial charge in [-0.15, -0.1) is 0 Å². The molecule has 0 fully saturated rings. The van der Waals surface area contributed by atoms with E-state index in [-0.39, 0.29) is 22.6 Å². The maximum Gasteiger partial charge on any atom is 0.343 e. The van der Waals surface area contributed by atoms with Crippen molar-refractivity contribution in [3.05, 3.63) is 71.4 Å². The van der Waals surface area contributed by atoms with E-state index < -0.39 is 23.5 Å². The summed E-state index contributed by atoms with van der Waals surface area (Å²) in [7, 11) is 1.24. The van der Waals surface area contributed by atoms with E-state index in [1.165, 1.54) is 36.2 Å². The van der Waals surface area contributed by atoms with E-state index in [9.17, 15) is 18.4 Å². The van der Waals surface area contributed by atoms with Crippen LogP contribution in [0, 0.1) is 11.6 Å². The Balaban J connectivity index is 1.79. The third-order valence-corrected chi connectivity index (χ3v) is 3.76. The molecule has 0 bridgehead atoms. The summed E-state index contributed by atoms with van der Waals surface area (Å²) in [4.78, 5) is 23.8. The number of anilines is 2. The molecule has 0 saturated heterocycles. The van der Waals surface area contributed by atoms with Crippen LogP contribution < -0.4 is 11.1 Å². The van der Waals surface area contributed by atoms with Gasteiger partial charge in [-0.2, -0.15) is 5.10 Å². The Hall–Kier alpha value is -3.75. The third kappa shape index (κ3) is 3.61. The summed E-state index contributed by atoms with van der Waals surface area (Å²) >= 11 is 0. The molecule has 0 aliphatic rings. The molecule has 27 heavy (non-hydrogen) atoms. The van der Waals surface area contributed by atoms with E-state index in [1.54, 1.807) is 12.1 Å². The van der Waals surface area contributed by atoms with Gasteiger partial charge in [-0.1, -0.05) is 0 Å². The van der Waals surface area contributed by atoms with Crippen LogP contribution in [-0.4, -0.2) is 28.8 Å². The van der Waals surface area contributed by atoms with Crippen molar-refractivity contribution in [2.24, 2.45) is 0 Å². The molecule has 1 heterocycles. The van der Waals surface area contributed by atoms with Crippen LogP contribution in [0.15, 0.2) is 48.7 Å². The number of hydrogen-bond donors (Lipinski definition) is 2. The second kappa shape index (κ2) is 7.24. The highest BCUT2D eigenvalue weighted by molar-refractivity contribution is 6.04. The van der Waals surface area contributed by atoms with Gasteiger partial charge in [0.2, 0.25) is 0 Å². The number of rotatable bonds is 4. The van der Waals surface area contributed by atoms with Gasteiger partial charge in [-0.05, 0) is 36.4 Å². The molecule has 0 atom stereocenters. The number of methoxy groups -OCH3 is 1. The van der Waals surface area contributed by atoms with Crippen LogP contribution in [0.2, 0.25) is 0 Å². The first kappa shape index (κ1) is 18.1. The van der Waals surface area contributed by atoms with Gasteiger partial charge in [-0.3, -0.25) is 4.79 Å². The SMILES string of the molecule is COC(=O)c1cnn(-c2ccc(C(=O)Nc3ccc(F)c(F)c3)cc2)c1N. The highest BCUT2D eigenvalue weighted by Gasteiger charge is 2.16. The maximum atomic E-state index is 13.2. The number of amides is 1. The number of halogens is 2. The molecule has 1 amide bonds. The number of nitrogens with one attached hydrogen (secondary N) is 1. The number of benzene rings is 2. The normalized spacial score (nSPS) is 10.5. The second-order valence-corrected chi connectivity index (χ2v) is 5.48. The van der Waals surface area contributed by atoms with Gasteiger partial charge in [0.25, 0.3) is 5.91 Å². The number of carbonyl (C=O) groups is 2. The standard InChI is InChI=1S/C18H14F2N4O3/c1-27-18(26)13-9-22-24(16(13)21)12-5-2-10(3-6-12)17(25)23-11-4-7-14(19)15(20)8-11/h2-9H,21H2,1H3,(H,23,25). The summed E-state index contributed by atoms with van der Waals surface area (Å²) in [6.07, 6.45) is 1.28. The van der Waals surface area contributed by atoms with Gasteiger partial charge in [-0.25, -0.2) is 18.3 Å². The van der Waals surface area contributed by atoms with Crippen molar-refractivity contribution >= 4 is 23.4 Å². The molecular formula is C18H14F2N4O3. The van der Waals surface area contributed by atoms with Crippen molar-refractivity contribution in [2.75, 3.05) is 18.2 Å². The van der Waals surface area contributed by atoms with Crippen molar-refractivity contribution in [1.29, 1.82) is 0 Å². The molecule has 0 aliphatic heterocycles. The number of carbonyl (C=O) groups excluding carboxylic acids is 2. The number of aromatic nitrogens is 2. The summed E-state index contributed by atoms with van der Waals surface area (Å²) in [5.41, 5.74) is 6.94. The summed E-state index contributed by atoms with van der Waals surface area (Å²) in [6.45, 7) is 0. The number of hydrogen-bond acceptors (Lipinski definition) is 5. The van der Waals surface area contributed by atoms with Crippen molar-refractivity contribution in [3.63, 3.8) is 0 Å². The number of nitrogen functional groups attached to an aromatic ring is 1. The molecule has 7 nitrogen and oxygen atoms in total. The lowest BCUT2D eigenvalue weighted by molar-refractivity contribution is 0.0602. The van der Waals surface area contributed by atoms with E-state index in [0.717, 1.165) is 12.1 Å². The van der Waals surface area contributed by atoms with Gasteiger partial charge in [0.05, 0.1) is 19.0 Å². The number of nitrogens with zero attached hydrogens (tertiary/aromatic N) is 2. The topological polar surface area (TPSA) is 99.2 Å². The fraction of sp³-hybridized carbons (Fsp3) is 0.0556. The van der Waals surface area contributed by atoms with Gasteiger partial charge in [0, 0.05) is 17.3 Å². The highest BCUT2D eigenvalue weighted by Crippen LogP contribution is 2.19. The summed E-state index contributed by atoms with van der Waals surface area (Å²) in [5, 5.41) is 6.50. The zero-order chi connectivity index (χ0) is 19.6. The molecule has 3 aromatic rings. The number of esters is 1. The quantitative estimate of drug-likeness (QED) is 0.686. The van der Waals surface area contributed by atoms with Gasteiger partial charge < -0.3 is 15.8 Å². The molecular weight excluding hydrogens is 358 g/mol. The molecule has 0 radical (unpaired) electrons.